The highest BCUT2D eigenvalue weighted by molar-refractivity contribution is 7.26. The van der Waals surface area contributed by atoms with Gasteiger partial charge >= 0.3 is 0 Å². The highest BCUT2D eigenvalue weighted by Crippen LogP contribution is 2.46. The maximum Gasteiger partial charge on any atom is 0.180 e. The molecule has 0 aliphatic heterocycles. The van der Waals surface area contributed by atoms with E-state index in [0.29, 0.717) is 28.9 Å². The second kappa shape index (κ2) is 12.5. The zero-order chi connectivity index (χ0) is 37.5. The van der Waals surface area contributed by atoms with Crippen LogP contribution in [0.15, 0.2) is 173 Å². The first-order valence-electron chi connectivity index (χ1n) is 18.7. The van der Waals surface area contributed by atoms with Crippen LogP contribution in [-0.2, 0) is 0 Å². The number of furan rings is 2. The van der Waals surface area contributed by atoms with Gasteiger partial charge < -0.3 is 8.83 Å². The van der Waals surface area contributed by atoms with Gasteiger partial charge in [-0.1, -0.05) is 133 Å². The van der Waals surface area contributed by atoms with Crippen molar-refractivity contribution in [3.63, 3.8) is 0 Å². The molecular weight excluding hydrogens is 723 g/mol. The molecule has 8 heteroatoms. The predicted molar refractivity (Wildman–Crippen MR) is 230 cm³/mol. The Morgan fingerprint density at radius 1 is 0.368 bits per heavy atom. The van der Waals surface area contributed by atoms with Gasteiger partial charge in [-0.3, -0.25) is 0 Å². The Hall–Kier alpha value is -7.55. The molecule has 5 aromatic heterocycles. The van der Waals surface area contributed by atoms with Crippen molar-refractivity contribution in [3.05, 3.63) is 164 Å². The molecule has 0 aliphatic carbocycles. The lowest BCUT2D eigenvalue weighted by Gasteiger charge is -2.10. The molecule has 0 radical (unpaired) electrons. The molecule has 5 heterocycles. The van der Waals surface area contributed by atoms with Gasteiger partial charge in [-0.25, -0.2) is 24.9 Å². The molecular formula is C49H27N5O2S. The molecule has 0 spiro atoms. The molecule has 0 atom stereocenters. The minimum Gasteiger partial charge on any atom is -0.455 e. The number of benzene rings is 7. The number of nitrogens with zero attached hydrogens (tertiary/aromatic N) is 5. The molecule has 12 rings (SSSR count). The van der Waals surface area contributed by atoms with Crippen molar-refractivity contribution in [3.8, 4) is 56.8 Å². The average Bonchev–Trinajstić information content (AvgIpc) is 3.98. The quantitative estimate of drug-likeness (QED) is 0.173. The van der Waals surface area contributed by atoms with Gasteiger partial charge in [0, 0.05) is 58.6 Å². The molecule has 0 unspecified atom stereocenters. The Bertz CT molecular complexity index is 3480. The highest BCUT2D eigenvalue weighted by Gasteiger charge is 2.24. The normalized spacial score (nSPS) is 11.9. The lowest BCUT2D eigenvalue weighted by molar-refractivity contribution is 0.666. The second-order valence-corrected chi connectivity index (χ2v) is 15.0. The van der Waals surface area contributed by atoms with Crippen LogP contribution in [-0.4, -0.2) is 24.9 Å². The summed E-state index contributed by atoms with van der Waals surface area (Å²) in [5.74, 6) is 2.43. The summed E-state index contributed by atoms with van der Waals surface area (Å²) < 4.78 is 15.3. The summed E-state index contributed by atoms with van der Waals surface area (Å²) in [5, 5.41) is 5.16. The van der Waals surface area contributed by atoms with Gasteiger partial charge in [0.15, 0.2) is 28.9 Å². The van der Waals surface area contributed by atoms with Gasteiger partial charge in [0.05, 0.1) is 5.56 Å². The monoisotopic (exact) mass is 749 g/mol. The molecule has 266 valence electrons. The van der Waals surface area contributed by atoms with Crippen molar-refractivity contribution < 1.29 is 8.83 Å². The van der Waals surface area contributed by atoms with Gasteiger partial charge in [0.2, 0.25) is 0 Å². The summed E-state index contributed by atoms with van der Waals surface area (Å²) in [7, 11) is 0. The van der Waals surface area contributed by atoms with Crippen LogP contribution >= 0.6 is 11.3 Å². The molecule has 0 fully saturated rings. The Labute approximate surface area is 328 Å². The number of rotatable bonds is 5. The zero-order valence-corrected chi connectivity index (χ0v) is 30.9. The predicted octanol–water partition coefficient (Wildman–Crippen LogP) is 13.2. The number of fused-ring (bicyclic) bond motifs is 9. The summed E-state index contributed by atoms with van der Waals surface area (Å²) >= 11 is 1.72. The molecule has 0 aliphatic rings. The minimum atomic E-state index is 0.569. The van der Waals surface area contributed by atoms with Gasteiger partial charge in [-0.2, -0.15) is 0 Å². The highest BCUT2D eigenvalue weighted by atomic mass is 32.1. The zero-order valence-electron chi connectivity index (χ0n) is 30.0. The first kappa shape index (κ1) is 31.8. The fraction of sp³-hybridized carbons (Fsp3) is 0. The van der Waals surface area contributed by atoms with E-state index in [2.05, 4.69) is 54.6 Å². The third-order valence-corrected chi connectivity index (χ3v) is 11.8. The lowest BCUT2D eigenvalue weighted by atomic mass is 10.0. The Kier molecular flexibility index (Phi) is 6.96. The van der Waals surface area contributed by atoms with Crippen molar-refractivity contribution in [2.45, 2.75) is 0 Å². The van der Waals surface area contributed by atoms with Crippen LogP contribution < -0.4 is 0 Å². The molecule has 0 saturated carbocycles. The van der Waals surface area contributed by atoms with Crippen molar-refractivity contribution in [1.29, 1.82) is 0 Å². The van der Waals surface area contributed by atoms with Crippen LogP contribution in [0.3, 0.4) is 0 Å². The van der Waals surface area contributed by atoms with Crippen LogP contribution in [0.4, 0.5) is 0 Å². The van der Waals surface area contributed by atoms with E-state index in [1.165, 1.54) is 0 Å². The van der Waals surface area contributed by atoms with Crippen LogP contribution in [0.5, 0.6) is 0 Å². The average molecular weight is 750 g/mol. The third kappa shape index (κ3) is 5.01. The largest absolute Gasteiger partial charge is 0.455 e. The van der Waals surface area contributed by atoms with Gasteiger partial charge in [-0.15, -0.1) is 11.3 Å². The molecule has 12 aromatic rings. The molecule has 0 saturated heterocycles. The van der Waals surface area contributed by atoms with E-state index in [9.17, 15) is 0 Å². The van der Waals surface area contributed by atoms with Crippen molar-refractivity contribution in [2.75, 3.05) is 0 Å². The van der Waals surface area contributed by atoms with Crippen LogP contribution in [0.2, 0.25) is 0 Å². The number of para-hydroxylation sites is 3. The number of aromatic nitrogens is 5. The van der Waals surface area contributed by atoms with Crippen LogP contribution in [0.25, 0.3) is 121 Å². The van der Waals surface area contributed by atoms with E-state index >= 15 is 0 Å². The van der Waals surface area contributed by atoms with E-state index < -0.39 is 0 Å². The van der Waals surface area contributed by atoms with Crippen molar-refractivity contribution in [2.24, 2.45) is 0 Å². The van der Waals surface area contributed by atoms with E-state index in [-0.39, 0.29) is 0 Å². The number of hydrogen-bond donors (Lipinski definition) is 0. The fourth-order valence-electron chi connectivity index (χ4n) is 7.97. The smallest absolute Gasteiger partial charge is 0.180 e. The van der Waals surface area contributed by atoms with E-state index in [0.717, 1.165) is 92.1 Å². The maximum absolute atomic E-state index is 6.62. The molecule has 0 amide bonds. The second-order valence-electron chi connectivity index (χ2n) is 14.0. The summed E-state index contributed by atoms with van der Waals surface area (Å²) in [4.78, 5) is 25.7. The lowest BCUT2D eigenvalue weighted by Crippen LogP contribution is -2.00. The summed E-state index contributed by atoms with van der Waals surface area (Å²) in [6, 6.07) is 55.2. The summed E-state index contributed by atoms with van der Waals surface area (Å²) in [6.45, 7) is 0. The Morgan fingerprint density at radius 3 is 1.67 bits per heavy atom. The van der Waals surface area contributed by atoms with Gasteiger partial charge in [0.1, 0.15) is 28.0 Å². The Morgan fingerprint density at radius 2 is 0.912 bits per heavy atom. The molecule has 0 N–H and O–H groups in total. The maximum atomic E-state index is 6.62. The third-order valence-electron chi connectivity index (χ3n) is 10.6. The number of hydrogen-bond acceptors (Lipinski definition) is 8. The van der Waals surface area contributed by atoms with Crippen LogP contribution in [0, 0.1) is 0 Å². The Balaban J connectivity index is 1.11. The van der Waals surface area contributed by atoms with E-state index in [1.807, 2.05) is 109 Å². The summed E-state index contributed by atoms with van der Waals surface area (Å²) in [5.41, 5.74) is 9.00. The van der Waals surface area contributed by atoms with Crippen molar-refractivity contribution >= 4 is 75.5 Å². The molecule has 7 aromatic carbocycles. The molecule has 7 nitrogen and oxygen atoms in total. The standard InChI is InChI=1S/C49H27N5O2S/c1-3-14-28(15-4-1)46-52-47(29-16-5-2-6-17-29)54-48(53-46)34-22-13-27-39-40(34)33-21-12-23-35(45(33)57-39)42-44-41(32-19-8-10-26-38(32)56-44)50-49(51-42)36-24-11-20-31-30-18-7-9-25-37(30)55-43(31)36/h1-27H. The fourth-order valence-corrected chi connectivity index (χ4v) is 9.21. The minimum absolute atomic E-state index is 0.569. The van der Waals surface area contributed by atoms with E-state index in [1.54, 1.807) is 11.3 Å². The number of thiophene rings is 1. The van der Waals surface area contributed by atoms with Gasteiger partial charge in [-0.05, 0) is 30.3 Å². The van der Waals surface area contributed by atoms with E-state index in [4.69, 9.17) is 33.8 Å². The first-order valence-corrected chi connectivity index (χ1v) is 19.5. The van der Waals surface area contributed by atoms with Gasteiger partial charge in [0.25, 0.3) is 0 Å². The topological polar surface area (TPSA) is 90.7 Å². The first-order chi connectivity index (χ1) is 28.2. The van der Waals surface area contributed by atoms with Crippen LogP contribution in [0.1, 0.15) is 0 Å². The SMILES string of the molecule is c1ccc(-c2nc(-c3ccccc3)nc(-c3cccc4sc5c(-c6nc(-c7cccc8c7oc7ccccc78)nc7c6oc6ccccc67)cccc5c34)n2)cc1. The molecule has 57 heavy (non-hydrogen) atoms. The summed E-state index contributed by atoms with van der Waals surface area (Å²) in [6.07, 6.45) is 0. The van der Waals surface area contributed by atoms with Crippen molar-refractivity contribution in [1.82, 2.24) is 24.9 Å². The molecule has 0 bridgehead atoms.